The van der Waals surface area contributed by atoms with Crippen LogP contribution in [0.15, 0.2) is 134 Å². The molecule has 0 aliphatic heterocycles. The standard InChI is InChI=1S/C34H30N2.C16H16Br2/c1(11-25-35-27-13-21-31-19-7-9-23-33(31)35)3-15-29-17-5-6-18-30(29)16-4-2-12-26-36-28-14-22-32-20-8-10-24-34(32)36;17-13-7-1-3-9-15-11-5-6-12-16(15)10-4-2-8-14-18/h5-10,13-14,17-24,27-28H,1-2,11-12,25-26H2;5-6,11-12H,1-2,7-8,13-14H2/q+2;. The lowest BCUT2D eigenvalue weighted by atomic mass is 10.1. The van der Waals surface area contributed by atoms with Gasteiger partial charge in [-0.15, -0.1) is 0 Å². The van der Waals surface area contributed by atoms with Gasteiger partial charge in [-0.1, -0.05) is 128 Å². The van der Waals surface area contributed by atoms with Crippen LogP contribution in [-0.4, -0.2) is 10.7 Å². The van der Waals surface area contributed by atoms with Crippen molar-refractivity contribution in [2.75, 3.05) is 10.7 Å². The molecule has 0 aliphatic rings. The molecule has 0 aliphatic carbocycles. The smallest absolute Gasteiger partial charge is 0.198 e. The predicted octanol–water partition coefficient (Wildman–Crippen LogP) is 11.0. The number of halogens is 2. The predicted molar refractivity (Wildman–Crippen MR) is 233 cm³/mol. The molecule has 0 amide bonds. The van der Waals surface area contributed by atoms with Gasteiger partial charge in [0.25, 0.3) is 0 Å². The van der Waals surface area contributed by atoms with Gasteiger partial charge in [0.05, 0.1) is 0 Å². The van der Waals surface area contributed by atoms with Gasteiger partial charge in [0.2, 0.25) is 11.0 Å². The number of para-hydroxylation sites is 2. The Morgan fingerprint density at radius 1 is 0.370 bits per heavy atom. The van der Waals surface area contributed by atoms with E-state index in [0.717, 1.165) is 97.4 Å². The number of pyridine rings is 2. The molecular formula is C50H46Br2N2+2. The van der Waals surface area contributed by atoms with Crippen LogP contribution in [0.2, 0.25) is 0 Å². The molecule has 4 aromatic carbocycles. The van der Waals surface area contributed by atoms with Crippen LogP contribution in [0.1, 0.15) is 73.6 Å². The topological polar surface area (TPSA) is 7.76 Å². The van der Waals surface area contributed by atoms with E-state index in [4.69, 9.17) is 0 Å². The minimum absolute atomic E-state index is 0.861. The van der Waals surface area contributed by atoms with Gasteiger partial charge in [-0.25, -0.2) is 0 Å². The van der Waals surface area contributed by atoms with E-state index >= 15 is 0 Å². The molecule has 268 valence electrons. The minimum atomic E-state index is 0.861. The SMILES string of the molecule is BrCCCC#Cc1ccccc1C#CCCCBr.C(#Cc1ccccc1C#CCCC[n+]1cccc2ccccc21)CCC[n+]1cccc2ccccc21. The number of rotatable bonds is 10. The molecule has 0 atom stereocenters. The van der Waals surface area contributed by atoms with Crippen molar-refractivity contribution >= 4 is 53.7 Å². The van der Waals surface area contributed by atoms with E-state index in [2.05, 4.69) is 186 Å². The van der Waals surface area contributed by atoms with E-state index in [-0.39, 0.29) is 0 Å². The number of aryl methyl sites for hydroxylation is 2. The molecule has 0 spiro atoms. The summed E-state index contributed by atoms with van der Waals surface area (Å²) >= 11 is 6.81. The first-order chi connectivity index (χ1) is 26.8. The Kier molecular flexibility index (Phi) is 17.5. The van der Waals surface area contributed by atoms with Gasteiger partial charge in [0.1, 0.15) is 13.1 Å². The number of hydrogen-bond acceptors (Lipinski definition) is 0. The van der Waals surface area contributed by atoms with E-state index in [9.17, 15) is 0 Å². The van der Waals surface area contributed by atoms with Gasteiger partial charge in [0, 0.05) is 106 Å². The molecule has 0 unspecified atom stereocenters. The van der Waals surface area contributed by atoms with Crippen LogP contribution >= 0.6 is 31.9 Å². The lowest BCUT2D eigenvalue weighted by molar-refractivity contribution is -0.671. The van der Waals surface area contributed by atoms with Gasteiger partial charge in [-0.05, 0) is 61.4 Å². The highest BCUT2D eigenvalue weighted by atomic mass is 79.9. The zero-order valence-corrected chi connectivity index (χ0v) is 34.0. The molecule has 0 N–H and O–H groups in total. The Morgan fingerprint density at radius 2 is 0.685 bits per heavy atom. The highest BCUT2D eigenvalue weighted by Gasteiger charge is 2.07. The fourth-order valence-electron chi connectivity index (χ4n) is 5.85. The first-order valence-corrected chi connectivity index (χ1v) is 21.0. The van der Waals surface area contributed by atoms with E-state index in [1.54, 1.807) is 0 Å². The third-order valence-corrected chi connectivity index (χ3v) is 9.72. The van der Waals surface area contributed by atoms with E-state index in [0.29, 0.717) is 0 Å². The van der Waals surface area contributed by atoms with Gasteiger partial charge in [0.15, 0.2) is 12.4 Å². The molecule has 2 nitrogen and oxygen atoms in total. The van der Waals surface area contributed by atoms with Crippen LogP contribution in [0.5, 0.6) is 0 Å². The summed E-state index contributed by atoms with van der Waals surface area (Å²) in [5.74, 6) is 26.2. The van der Waals surface area contributed by atoms with Crippen LogP contribution in [-0.2, 0) is 13.1 Å². The van der Waals surface area contributed by atoms with E-state index in [1.807, 2.05) is 36.4 Å². The maximum atomic E-state index is 3.41. The van der Waals surface area contributed by atoms with Gasteiger partial charge < -0.3 is 0 Å². The molecular weight excluding hydrogens is 788 g/mol. The summed E-state index contributed by atoms with van der Waals surface area (Å²) in [5, 5.41) is 4.56. The van der Waals surface area contributed by atoms with Crippen molar-refractivity contribution in [2.24, 2.45) is 0 Å². The van der Waals surface area contributed by atoms with Crippen molar-refractivity contribution in [3.63, 3.8) is 0 Å². The maximum Gasteiger partial charge on any atom is 0.212 e. The normalized spacial score (nSPS) is 9.96. The lowest BCUT2D eigenvalue weighted by Gasteiger charge is -2.00. The average Bonchev–Trinajstić information content (AvgIpc) is 3.22. The zero-order valence-electron chi connectivity index (χ0n) is 30.8. The second kappa shape index (κ2) is 23.5. The molecule has 2 heterocycles. The van der Waals surface area contributed by atoms with Crippen molar-refractivity contribution in [1.29, 1.82) is 0 Å². The minimum Gasteiger partial charge on any atom is -0.198 e. The first kappa shape index (κ1) is 40.1. The molecule has 0 radical (unpaired) electrons. The van der Waals surface area contributed by atoms with E-state index < -0.39 is 0 Å². The third kappa shape index (κ3) is 13.1. The number of fused-ring (bicyclic) bond motifs is 2. The monoisotopic (exact) mass is 832 g/mol. The lowest BCUT2D eigenvalue weighted by Crippen LogP contribution is -2.33. The second-order valence-corrected chi connectivity index (χ2v) is 14.2. The number of alkyl halides is 2. The highest BCUT2D eigenvalue weighted by Crippen LogP contribution is 2.11. The summed E-state index contributed by atoms with van der Waals surface area (Å²) in [5.41, 5.74) is 6.66. The van der Waals surface area contributed by atoms with Crippen LogP contribution in [0, 0.1) is 47.4 Å². The molecule has 54 heavy (non-hydrogen) atoms. The molecule has 0 saturated carbocycles. The fourth-order valence-corrected chi connectivity index (χ4v) is 6.41. The zero-order chi connectivity index (χ0) is 37.5. The third-order valence-electron chi connectivity index (χ3n) is 8.59. The van der Waals surface area contributed by atoms with Gasteiger partial charge in [-0.2, -0.15) is 9.13 Å². The van der Waals surface area contributed by atoms with Crippen molar-refractivity contribution in [2.45, 2.75) is 64.5 Å². The average molecular weight is 835 g/mol. The Bertz CT molecular complexity index is 2190. The van der Waals surface area contributed by atoms with Gasteiger partial charge in [-0.3, -0.25) is 0 Å². The molecule has 0 bridgehead atoms. The van der Waals surface area contributed by atoms with Crippen molar-refractivity contribution in [1.82, 2.24) is 0 Å². The molecule has 0 saturated heterocycles. The number of nitrogens with zero attached hydrogens (tertiary/aromatic N) is 2. The second-order valence-electron chi connectivity index (χ2n) is 12.6. The maximum absolute atomic E-state index is 3.41. The molecule has 2 aromatic heterocycles. The summed E-state index contributed by atoms with van der Waals surface area (Å²) < 4.78 is 4.62. The summed E-state index contributed by atoms with van der Waals surface area (Å²) in [7, 11) is 0. The Morgan fingerprint density at radius 3 is 1.06 bits per heavy atom. The molecule has 6 rings (SSSR count). The first-order valence-electron chi connectivity index (χ1n) is 18.8. The number of hydrogen-bond donors (Lipinski definition) is 0. The van der Waals surface area contributed by atoms with Crippen LogP contribution in [0.3, 0.4) is 0 Å². The Hall–Kier alpha value is -5.10. The summed E-state index contributed by atoms with van der Waals surface area (Å²) in [6.07, 6.45) is 12.1. The quantitative estimate of drug-likeness (QED) is 0.0562. The molecule has 0 fully saturated rings. The molecule has 6 aromatic rings. The fraction of sp³-hybridized carbons (Fsp3) is 0.240. The number of unbranched alkanes of at least 4 members (excludes halogenated alkanes) is 4. The van der Waals surface area contributed by atoms with Crippen LogP contribution in [0.4, 0.5) is 0 Å². The Balaban J connectivity index is 0.000000263. The van der Waals surface area contributed by atoms with E-state index in [1.165, 1.54) is 21.8 Å². The van der Waals surface area contributed by atoms with Crippen molar-refractivity contribution in [3.05, 3.63) is 156 Å². The van der Waals surface area contributed by atoms with Crippen molar-refractivity contribution in [3.8, 4) is 47.4 Å². The number of aromatic nitrogens is 2. The largest absolute Gasteiger partial charge is 0.212 e. The van der Waals surface area contributed by atoms with Crippen LogP contribution < -0.4 is 9.13 Å². The summed E-state index contributed by atoms with van der Waals surface area (Å²) in [6.45, 7) is 1.93. The highest BCUT2D eigenvalue weighted by molar-refractivity contribution is 9.09. The molecule has 4 heteroatoms. The summed E-state index contributed by atoms with van der Waals surface area (Å²) in [6, 6.07) is 41.9. The van der Waals surface area contributed by atoms with Crippen LogP contribution in [0.25, 0.3) is 21.8 Å². The van der Waals surface area contributed by atoms with Gasteiger partial charge >= 0.3 is 0 Å². The number of benzene rings is 4. The summed E-state index contributed by atoms with van der Waals surface area (Å²) in [4.78, 5) is 0. The van der Waals surface area contributed by atoms with Crippen molar-refractivity contribution < 1.29 is 9.13 Å². The Labute approximate surface area is 339 Å².